The summed E-state index contributed by atoms with van der Waals surface area (Å²) in [5.74, 6) is 0.324. The molecule has 5 nitrogen and oxygen atoms in total. The molecule has 1 fully saturated rings. The highest BCUT2D eigenvalue weighted by atomic mass is 79.9. The van der Waals surface area contributed by atoms with Gasteiger partial charge in [0, 0.05) is 29.2 Å². The van der Waals surface area contributed by atoms with Gasteiger partial charge in [-0.3, -0.25) is 9.59 Å². The summed E-state index contributed by atoms with van der Waals surface area (Å²) in [7, 11) is 0. The van der Waals surface area contributed by atoms with Crippen LogP contribution in [0.4, 0.5) is 0 Å². The zero-order valence-electron chi connectivity index (χ0n) is 14.1. The molecule has 3 rings (SSSR count). The van der Waals surface area contributed by atoms with E-state index >= 15 is 0 Å². The van der Waals surface area contributed by atoms with Crippen molar-refractivity contribution in [3.05, 3.63) is 58.0 Å². The fourth-order valence-corrected chi connectivity index (χ4v) is 3.28. The summed E-state index contributed by atoms with van der Waals surface area (Å²) in [5, 5.41) is 3.00. The lowest BCUT2D eigenvalue weighted by Gasteiger charge is -2.32. The number of carbonyl (C=O) groups is 2. The first-order valence-electron chi connectivity index (χ1n) is 8.40. The fourth-order valence-electron chi connectivity index (χ4n) is 3.02. The first kappa shape index (κ1) is 17.7. The van der Waals surface area contributed by atoms with Crippen LogP contribution < -0.4 is 5.32 Å². The molecule has 2 heterocycles. The number of amides is 2. The van der Waals surface area contributed by atoms with E-state index in [4.69, 9.17) is 4.42 Å². The Morgan fingerprint density at radius 2 is 1.88 bits per heavy atom. The number of carbonyl (C=O) groups excluding carboxylic acids is 2. The Kier molecular flexibility index (Phi) is 5.58. The average molecular weight is 405 g/mol. The number of benzene rings is 1. The van der Waals surface area contributed by atoms with Crippen LogP contribution >= 0.6 is 15.9 Å². The van der Waals surface area contributed by atoms with Crippen LogP contribution in [0.1, 0.15) is 34.5 Å². The van der Waals surface area contributed by atoms with E-state index in [0.29, 0.717) is 25.3 Å². The van der Waals surface area contributed by atoms with Gasteiger partial charge in [-0.2, -0.15) is 0 Å². The van der Waals surface area contributed by atoms with Gasteiger partial charge in [-0.05, 0) is 43.5 Å². The number of nitrogens with zero attached hydrogens (tertiary/aromatic N) is 1. The summed E-state index contributed by atoms with van der Waals surface area (Å²) < 4.78 is 6.23. The fraction of sp³-hybridized carbons (Fsp3) is 0.368. The summed E-state index contributed by atoms with van der Waals surface area (Å²) in [4.78, 5) is 26.5. The van der Waals surface area contributed by atoms with Gasteiger partial charge in [-0.25, -0.2) is 0 Å². The van der Waals surface area contributed by atoms with Gasteiger partial charge in [0.2, 0.25) is 5.91 Å². The van der Waals surface area contributed by atoms with Gasteiger partial charge >= 0.3 is 0 Å². The molecule has 25 heavy (non-hydrogen) atoms. The van der Waals surface area contributed by atoms with Gasteiger partial charge in [0.15, 0.2) is 5.76 Å². The molecule has 0 unspecified atom stereocenters. The Hall–Kier alpha value is -2.08. The molecule has 1 aromatic heterocycles. The van der Waals surface area contributed by atoms with E-state index in [-0.39, 0.29) is 17.9 Å². The van der Waals surface area contributed by atoms with Crippen molar-refractivity contribution >= 4 is 27.7 Å². The molecule has 0 bridgehead atoms. The SMILES string of the molecule is Cc1ccoc1C(=O)NC1CCN(C(=O)Cc2ccc(Br)cc2)CC1. The maximum absolute atomic E-state index is 12.4. The molecule has 1 aromatic carbocycles. The first-order valence-corrected chi connectivity index (χ1v) is 9.19. The number of aryl methyl sites for hydroxylation is 1. The number of hydrogen-bond acceptors (Lipinski definition) is 3. The summed E-state index contributed by atoms with van der Waals surface area (Å²) in [5.41, 5.74) is 1.84. The number of nitrogens with one attached hydrogen (secondary N) is 1. The number of likely N-dealkylation sites (tertiary alicyclic amines) is 1. The van der Waals surface area contributed by atoms with Crippen LogP contribution in [0.5, 0.6) is 0 Å². The van der Waals surface area contributed by atoms with Crippen molar-refractivity contribution in [2.75, 3.05) is 13.1 Å². The molecule has 132 valence electrons. The highest BCUT2D eigenvalue weighted by Gasteiger charge is 2.25. The van der Waals surface area contributed by atoms with Gasteiger partial charge in [-0.1, -0.05) is 28.1 Å². The van der Waals surface area contributed by atoms with Crippen molar-refractivity contribution in [2.45, 2.75) is 32.2 Å². The first-order chi connectivity index (χ1) is 12.0. The zero-order valence-corrected chi connectivity index (χ0v) is 15.7. The Morgan fingerprint density at radius 3 is 2.48 bits per heavy atom. The standard InChI is InChI=1S/C19H21BrN2O3/c1-13-8-11-25-18(13)19(24)21-16-6-9-22(10-7-16)17(23)12-14-2-4-15(20)5-3-14/h2-5,8,11,16H,6-7,9-10,12H2,1H3,(H,21,24). The third-order valence-electron chi connectivity index (χ3n) is 4.52. The average Bonchev–Trinajstić information content (AvgIpc) is 3.04. The summed E-state index contributed by atoms with van der Waals surface area (Å²) >= 11 is 3.40. The molecule has 6 heteroatoms. The predicted octanol–water partition coefficient (Wildman–Crippen LogP) is 3.31. The molecule has 0 aliphatic carbocycles. The van der Waals surface area contributed by atoms with E-state index in [1.165, 1.54) is 6.26 Å². The van der Waals surface area contributed by atoms with Gasteiger partial charge in [0.1, 0.15) is 0 Å². The van der Waals surface area contributed by atoms with Crippen LogP contribution in [0.2, 0.25) is 0 Å². The molecule has 1 saturated heterocycles. The summed E-state index contributed by atoms with van der Waals surface area (Å²) in [6.45, 7) is 3.18. The van der Waals surface area contributed by atoms with Crippen LogP contribution in [-0.2, 0) is 11.2 Å². The minimum Gasteiger partial charge on any atom is -0.459 e. The molecule has 0 saturated carbocycles. The number of piperidine rings is 1. The van der Waals surface area contributed by atoms with Gasteiger partial charge in [0.05, 0.1) is 12.7 Å². The van der Waals surface area contributed by atoms with E-state index in [0.717, 1.165) is 28.4 Å². The van der Waals surface area contributed by atoms with E-state index < -0.39 is 0 Å². The highest BCUT2D eigenvalue weighted by Crippen LogP contribution is 2.16. The minimum absolute atomic E-state index is 0.0775. The van der Waals surface area contributed by atoms with Crippen LogP contribution in [-0.4, -0.2) is 35.8 Å². The molecule has 1 N–H and O–H groups in total. The molecule has 0 radical (unpaired) electrons. The maximum Gasteiger partial charge on any atom is 0.287 e. The second-order valence-electron chi connectivity index (χ2n) is 6.36. The molecular weight excluding hydrogens is 384 g/mol. The van der Waals surface area contributed by atoms with E-state index in [9.17, 15) is 9.59 Å². The molecule has 0 atom stereocenters. The van der Waals surface area contributed by atoms with E-state index in [2.05, 4.69) is 21.2 Å². The van der Waals surface area contributed by atoms with Crippen molar-refractivity contribution in [3.63, 3.8) is 0 Å². The zero-order chi connectivity index (χ0) is 17.8. The molecule has 1 aliphatic heterocycles. The van der Waals surface area contributed by atoms with Crippen molar-refractivity contribution in [3.8, 4) is 0 Å². The Labute approximate surface area is 155 Å². The third-order valence-corrected chi connectivity index (χ3v) is 5.05. The minimum atomic E-state index is -0.179. The topological polar surface area (TPSA) is 62.6 Å². The van der Waals surface area contributed by atoms with Crippen LogP contribution in [0, 0.1) is 6.92 Å². The van der Waals surface area contributed by atoms with Crippen molar-refractivity contribution in [2.24, 2.45) is 0 Å². The lowest BCUT2D eigenvalue weighted by Crippen LogP contribution is -2.47. The van der Waals surface area contributed by atoms with Crippen molar-refractivity contribution < 1.29 is 14.0 Å². The lowest BCUT2D eigenvalue weighted by molar-refractivity contribution is -0.131. The Morgan fingerprint density at radius 1 is 1.20 bits per heavy atom. The monoisotopic (exact) mass is 404 g/mol. The largest absolute Gasteiger partial charge is 0.459 e. The number of hydrogen-bond donors (Lipinski definition) is 1. The molecule has 1 aliphatic rings. The van der Waals surface area contributed by atoms with Crippen LogP contribution in [0.3, 0.4) is 0 Å². The Balaban J connectivity index is 1.48. The molecule has 0 spiro atoms. The molecular formula is C19H21BrN2O3. The van der Waals surface area contributed by atoms with Crippen molar-refractivity contribution in [1.82, 2.24) is 10.2 Å². The Bertz CT molecular complexity index is 746. The van der Waals surface area contributed by atoms with Crippen LogP contribution in [0.25, 0.3) is 0 Å². The third kappa shape index (κ3) is 4.51. The van der Waals surface area contributed by atoms with E-state index in [1.807, 2.05) is 36.1 Å². The number of furan rings is 1. The smallest absolute Gasteiger partial charge is 0.287 e. The van der Waals surface area contributed by atoms with Crippen LogP contribution in [0.15, 0.2) is 45.5 Å². The second-order valence-corrected chi connectivity index (χ2v) is 7.28. The number of halogens is 1. The summed E-state index contributed by atoms with van der Waals surface area (Å²) in [6.07, 6.45) is 3.46. The van der Waals surface area contributed by atoms with E-state index in [1.54, 1.807) is 6.07 Å². The van der Waals surface area contributed by atoms with Gasteiger partial charge in [0.25, 0.3) is 5.91 Å². The molecule has 2 amide bonds. The lowest BCUT2D eigenvalue weighted by atomic mass is 10.0. The maximum atomic E-state index is 12.4. The van der Waals surface area contributed by atoms with Gasteiger partial charge < -0.3 is 14.6 Å². The second kappa shape index (κ2) is 7.87. The molecule has 2 aromatic rings. The normalized spacial score (nSPS) is 15.2. The summed E-state index contributed by atoms with van der Waals surface area (Å²) in [6, 6.07) is 9.66. The van der Waals surface area contributed by atoms with Crippen molar-refractivity contribution in [1.29, 1.82) is 0 Å². The van der Waals surface area contributed by atoms with Gasteiger partial charge in [-0.15, -0.1) is 0 Å². The predicted molar refractivity (Wildman–Crippen MR) is 98.4 cm³/mol. The highest BCUT2D eigenvalue weighted by molar-refractivity contribution is 9.10. The number of rotatable bonds is 4. The quantitative estimate of drug-likeness (QED) is 0.849.